The Kier molecular flexibility index (Phi) is 3.07. The van der Waals surface area contributed by atoms with Crippen LogP contribution in [0.1, 0.15) is 17.0 Å². The summed E-state index contributed by atoms with van der Waals surface area (Å²) < 4.78 is 14.7. The Morgan fingerprint density at radius 3 is 2.65 bits per heavy atom. The van der Waals surface area contributed by atoms with Crippen LogP contribution in [0.2, 0.25) is 5.02 Å². The molecule has 0 saturated carbocycles. The second kappa shape index (κ2) is 4.37. The Morgan fingerprint density at radius 1 is 1.41 bits per heavy atom. The highest BCUT2D eigenvalue weighted by molar-refractivity contribution is 6.31. The Hall–Kier alpha value is -1.55. The number of anilines is 1. The average molecular weight is 254 g/mol. The fraction of sp³-hybridized carbons (Fsp3) is 0.250. The molecule has 0 radical (unpaired) electrons. The molecule has 0 aliphatic heterocycles. The largest absolute Gasteiger partial charge is 0.396 e. The molecule has 2 N–H and O–H groups in total. The first-order chi connectivity index (χ1) is 7.99. The molecular weight excluding hydrogens is 241 g/mol. The van der Waals surface area contributed by atoms with E-state index < -0.39 is 0 Å². The van der Waals surface area contributed by atoms with Gasteiger partial charge in [-0.2, -0.15) is 5.10 Å². The maximum atomic E-state index is 12.9. The highest BCUT2D eigenvalue weighted by Gasteiger charge is 2.10. The van der Waals surface area contributed by atoms with E-state index in [-0.39, 0.29) is 5.82 Å². The number of rotatable bonds is 2. The molecule has 0 aliphatic carbocycles. The zero-order chi connectivity index (χ0) is 12.6. The quantitative estimate of drug-likeness (QED) is 0.894. The minimum absolute atomic E-state index is 0.341. The Morgan fingerprint density at radius 2 is 2.12 bits per heavy atom. The number of halogens is 2. The van der Waals surface area contributed by atoms with Gasteiger partial charge in [-0.1, -0.05) is 17.7 Å². The molecule has 0 aliphatic rings. The lowest BCUT2D eigenvalue weighted by Crippen LogP contribution is -2.05. The molecule has 2 aromatic rings. The topological polar surface area (TPSA) is 43.8 Å². The van der Waals surface area contributed by atoms with Crippen LogP contribution in [0.25, 0.3) is 0 Å². The van der Waals surface area contributed by atoms with Gasteiger partial charge in [-0.25, -0.2) is 4.39 Å². The predicted octanol–water partition coefficient (Wildman–Crippen LogP) is 2.92. The van der Waals surface area contributed by atoms with Crippen molar-refractivity contribution in [1.82, 2.24) is 9.78 Å². The third-order valence-corrected chi connectivity index (χ3v) is 3.12. The van der Waals surface area contributed by atoms with E-state index in [1.54, 1.807) is 10.7 Å². The summed E-state index contributed by atoms with van der Waals surface area (Å²) in [5, 5.41) is 4.71. The number of aromatic nitrogens is 2. The maximum Gasteiger partial charge on any atom is 0.124 e. The van der Waals surface area contributed by atoms with Crippen molar-refractivity contribution in [1.29, 1.82) is 0 Å². The second-order valence-corrected chi connectivity index (χ2v) is 4.39. The molecule has 5 heteroatoms. The molecule has 1 heterocycles. The van der Waals surface area contributed by atoms with Gasteiger partial charge < -0.3 is 5.73 Å². The first-order valence-electron chi connectivity index (χ1n) is 5.22. The van der Waals surface area contributed by atoms with E-state index in [0.717, 1.165) is 17.0 Å². The second-order valence-electron chi connectivity index (χ2n) is 3.98. The number of hydrogen-bond acceptors (Lipinski definition) is 2. The van der Waals surface area contributed by atoms with Crippen LogP contribution in [0.3, 0.4) is 0 Å². The highest BCUT2D eigenvalue weighted by Crippen LogP contribution is 2.21. The molecule has 0 fully saturated rings. The van der Waals surface area contributed by atoms with E-state index in [1.807, 2.05) is 13.8 Å². The van der Waals surface area contributed by atoms with Gasteiger partial charge in [-0.15, -0.1) is 0 Å². The summed E-state index contributed by atoms with van der Waals surface area (Å²) in [5.74, 6) is -0.341. The van der Waals surface area contributed by atoms with Crippen LogP contribution in [-0.4, -0.2) is 9.78 Å². The lowest BCUT2D eigenvalue weighted by Gasteiger charge is -2.06. The minimum atomic E-state index is -0.341. The molecule has 1 aromatic heterocycles. The Bertz CT molecular complexity index is 563. The molecule has 3 nitrogen and oxygen atoms in total. The fourth-order valence-corrected chi connectivity index (χ4v) is 1.90. The summed E-state index contributed by atoms with van der Waals surface area (Å²) in [4.78, 5) is 0. The number of aryl methyl sites for hydroxylation is 1. The van der Waals surface area contributed by atoms with E-state index in [2.05, 4.69) is 5.10 Å². The van der Waals surface area contributed by atoms with Crippen molar-refractivity contribution in [2.45, 2.75) is 20.4 Å². The Balaban J connectivity index is 2.34. The molecule has 0 saturated heterocycles. The maximum absolute atomic E-state index is 12.9. The number of benzene rings is 1. The van der Waals surface area contributed by atoms with Crippen molar-refractivity contribution in [3.05, 3.63) is 46.0 Å². The van der Waals surface area contributed by atoms with Crippen molar-refractivity contribution >= 4 is 17.3 Å². The molecule has 0 bridgehead atoms. The van der Waals surface area contributed by atoms with Crippen LogP contribution in [0, 0.1) is 19.7 Å². The lowest BCUT2D eigenvalue weighted by atomic mass is 10.2. The smallest absolute Gasteiger partial charge is 0.124 e. The van der Waals surface area contributed by atoms with Gasteiger partial charge in [-0.05, 0) is 31.5 Å². The number of nitrogens with two attached hydrogens (primary N) is 1. The normalized spacial score (nSPS) is 10.8. The monoisotopic (exact) mass is 253 g/mol. The molecule has 0 spiro atoms. The van der Waals surface area contributed by atoms with E-state index in [1.165, 1.54) is 12.1 Å². The van der Waals surface area contributed by atoms with Crippen molar-refractivity contribution in [2.24, 2.45) is 0 Å². The molecular formula is C12H13ClFN3. The van der Waals surface area contributed by atoms with Gasteiger partial charge in [0, 0.05) is 5.02 Å². The molecule has 0 atom stereocenters. The predicted molar refractivity (Wildman–Crippen MR) is 66.6 cm³/mol. The first-order valence-corrected chi connectivity index (χ1v) is 5.60. The summed E-state index contributed by atoms with van der Waals surface area (Å²) >= 11 is 5.97. The standard InChI is InChI=1S/C12H13ClFN3/c1-7-12(15)8(2)17(16-7)6-9-3-4-10(14)5-11(9)13/h3-5H,6,15H2,1-2H3. The SMILES string of the molecule is Cc1nn(Cc2ccc(F)cc2Cl)c(C)c1N. The van der Waals surface area contributed by atoms with Gasteiger partial charge in [0.1, 0.15) is 5.82 Å². The van der Waals surface area contributed by atoms with Crippen LogP contribution in [0.4, 0.5) is 10.1 Å². The summed E-state index contributed by atoms with van der Waals surface area (Å²) in [5.41, 5.74) is 9.03. The van der Waals surface area contributed by atoms with Gasteiger partial charge in [0.15, 0.2) is 0 Å². The summed E-state index contributed by atoms with van der Waals surface area (Å²) in [6, 6.07) is 4.34. The van der Waals surface area contributed by atoms with E-state index in [9.17, 15) is 4.39 Å². The summed E-state index contributed by atoms with van der Waals surface area (Å²) in [6.07, 6.45) is 0. The van der Waals surface area contributed by atoms with Crippen LogP contribution < -0.4 is 5.73 Å². The molecule has 0 unspecified atom stereocenters. The zero-order valence-corrected chi connectivity index (χ0v) is 10.4. The first kappa shape index (κ1) is 11.9. The number of nitrogen functional groups attached to an aromatic ring is 1. The van der Waals surface area contributed by atoms with Crippen molar-refractivity contribution in [2.75, 3.05) is 5.73 Å². The van der Waals surface area contributed by atoms with Gasteiger partial charge in [0.05, 0.1) is 23.6 Å². The molecule has 17 heavy (non-hydrogen) atoms. The van der Waals surface area contributed by atoms with Gasteiger partial charge in [0.25, 0.3) is 0 Å². The summed E-state index contributed by atoms with van der Waals surface area (Å²) in [7, 11) is 0. The van der Waals surface area contributed by atoms with E-state index in [0.29, 0.717) is 17.3 Å². The van der Waals surface area contributed by atoms with Crippen molar-refractivity contribution < 1.29 is 4.39 Å². The zero-order valence-electron chi connectivity index (χ0n) is 9.67. The number of hydrogen-bond donors (Lipinski definition) is 1. The number of nitrogens with zero attached hydrogens (tertiary/aromatic N) is 2. The Labute approximate surface area is 104 Å². The highest BCUT2D eigenvalue weighted by atomic mass is 35.5. The van der Waals surface area contributed by atoms with Crippen LogP contribution in [0.5, 0.6) is 0 Å². The third-order valence-electron chi connectivity index (χ3n) is 2.77. The summed E-state index contributed by atoms with van der Waals surface area (Å²) in [6.45, 7) is 4.24. The minimum Gasteiger partial charge on any atom is -0.396 e. The lowest BCUT2D eigenvalue weighted by molar-refractivity contribution is 0.622. The average Bonchev–Trinajstić information content (AvgIpc) is 2.50. The van der Waals surface area contributed by atoms with Gasteiger partial charge in [-0.3, -0.25) is 4.68 Å². The molecule has 1 aromatic carbocycles. The van der Waals surface area contributed by atoms with Crippen LogP contribution in [-0.2, 0) is 6.54 Å². The van der Waals surface area contributed by atoms with E-state index in [4.69, 9.17) is 17.3 Å². The molecule has 90 valence electrons. The van der Waals surface area contributed by atoms with E-state index >= 15 is 0 Å². The third kappa shape index (κ3) is 2.26. The fourth-order valence-electron chi connectivity index (χ4n) is 1.68. The van der Waals surface area contributed by atoms with Gasteiger partial charge in [0.2, 0.25) is 0 Å². The van der Waals surface area contributed by atoms with Crippen LogP contribution in [0.15, 0.2) is 18.2 Å². The van der Waals surface area contributed by atoms with Crippen LogP contribution >= 0.6 is 11.6 Å². The molecule has 2 rings (SSSR count). The van der Waals surface area contributed by atoms with Crippen molar-refractivity contribution in [3.63, 3.8) is 0 Å². The van der Waals surface area contributed by atoms with Crippen molar-refractivity contribution in [3.8, 4) is 0 Å². The molecule has 0 amide bonds. The van der Waals surface area contributed by atoms with Gasteiger partial charge >= 0.3 is 0 Å².